The molecule has 0 unspecified atom stereocenters. The number of nitrogens with two attached hydrogens (primary N) is 1. The minimum atomic E-state index is -3.70. The molecule has 0 fully saturated rings. The third-order valence-electron chi connectivity index (χ3n) is 3.48. The maximum Gasteiger partial charge on any atom is 0.293 e. The van der Waals surface area contributed by atoms with Gasteiger partial charge >= 0.3 is 0 Å². The van der Waals surface area contributed by atoms with Gasteiger partial charge < -0.3 is 10.2 Å². The fourth-order valence-corrected chi connectivity index (χ4v) is 3.42. The van der Waals surface area contributed by atoms with Crippen LogP contribution >= 0.6 is 0 Å². The first-order valence-electron chi connectivity index (χ1n) is 8.33. The molecule has 3 aromatic rings. The summed E-state index contributed by atoms with van der Waals surface area (Å²) in [6, 6.07) is 8.22. The van der Waals surface area contributed by atoms with E-state index < -0.39 is 10.0 Å². The topological polar surface area (TPSA) is 129 Å². The highest BCUT2D eigenvalue weighted by Crippen LogP contribution is 2.20. The molecular formula is C18H23N5O4S. The van der Waals surface area contributed by atoms with Gasteiger partial charge in [0.1, 0.15) is 11.1 Å². The Kier molecular flexibility index (Phi) is 6.37. The Morgan fingerprint density at radius 3 is 2.32 bits per heavy atom. The minimum absolute atomic E-state index is 0.202. The molecule has 3 rings (SSSR count). The normalized spacial score (nSPS) is 11.5. The molecule has 0 amide bonds. The number of benzene rings is 1. The third kappa shape index (κ3) is 5.05. The summed E-state index contributed by atoms with van der Waals surface area (Å²) in [4.78, 5) is 18.1. The van der Waals surface area contributed by atoms with Crippen LogP contribution in [0, 0.1) is 6.92 Å². The van der Waals surface area contributed by atoms with Gasteiger partial charge in [-0.15, -0.1) is 0 Å². The maximum absolute atomic E-state index is 12.6. The van der Waals surface area contributed by atoms with Crippen LogP contribution in [-0.2, 0) is 19.6 Å². The summed E-state index contributed by atoms with van der Waals surface area (Å²) in [5.41, 5.74) is 3.75. The fourth-order valence-electron chi connectivity index (χ4n) is 2.12. The average molecular weight is 405 g/mol. The predicted molar refractivity (Wildman–Crippen MR) is 106 cm³/mol. The number of fused-ring (bicyclic) bond motifs is 1. The van der Waals surface area contributed by atoms with Gasteiger partial charge in [0.2, 0.25) is 0 Å². The number of carbonyl (C=O) groups is 1. The summed E-state index contributed by atoms with van der Waals surface area (Å²) in [5.74, 6) is 5.63. The summed E-state index contributed by atoms with van der Waals surface area (Å²) in [5, 5.41) is 0. The van der Waals surface area contributed by atoms with Crippen LogP contribution in [0.3, 0.4) is 0 Å². The number of nitrogens with zero attached hydrogens (tertiary/aromatic N) is 3. The Bertz CT molecular complexity index is 1050. The molecule has 2 aromatic heterocycles. The van der Waals surface area contributed by atoms with Gasteiger partial charge in [-0.2, -0.15) is 0 Å². The number of hydrogen-bond donors (Lipinski definition) is 2. The number of hydrazine groups is 1. The Balaban J connectivity index is 0.000000345. The SMILES string of the molecule is CC(C)(C)OC=O.Cc1ccc(S(=O)(=O)n2ccc3nc(NN)cnc32)cc1. The first kappa shape index (κ1) is 21.3. The second-order valence-electron chi connectivity index (χ2n) is 6.86. The van der Waals surface area contributed by atoms with Crippen molar-refractivity contribution in [2.75, 3.05) is 5.43 Å². The van der Waals surface area contributed by atoms with Crippen LogP contribution in [0.2, 0.25) is 0 Å². The van der Waals surface area contributed by atoms with E-state index in [1.165, 1.54) is 12.4 Å². The largest absolute Gasteiger partial charge is 0.462 e. The van der Waals surface area contributed by atoms with Gasteiger partial charge in [-0.1, -0.05) is 17.7 Å². The van der Waals surface area contributed by atoms with Gasteiger partial charge in [0.25, 0.3) is 16.5 Å². The van der Waals surface area contributed by atoms with E-state index in [0.717, 1.165) is 9.54 Å². The molecule has 3 N–H and O–H groups in total. The molecule has 150 valence electrons. The molecule has 0 atom stereocenters. The number of anilines is 1. The van der Waals surface area contributed by atoms with Crippen LogP contribution in [0.4, 0.5) is 5.82 Å². The summed E-state index contributed by atoms with van der Waals surface area (Å²) in [6.07, 6.45) is 2.81. The molecule has 0 saturated carbocycles. The molecule has 0 bridgehead atoms. The van der Waals surface area contributed by atoms with Crippen LogP contribution < -0.4 is 11.3 Å². The molecule has 0 aliphatic heterocycles. The molecule has 0 aliphatic rings. The lowest BCUT2D eigenvalue weighted by molar-refractivity contribution is -0.138. The zero-order valence-electron chi connectivity index (χ0n) is 16.1. The van der Waals surface area contributed by atoms with Crippen molar-refractivity contribution in [3.63, 3.8) is 0 Å². The van der Waals surface area contributed by atoms with E-state index in [1.807, 2.05) is 27.7 Å². The Morgan fingerprint density at radius 1 is 1.18 bits per heavy atom. The second kappa shape index (κ2) is 8.36. The summed E-state index contributed by atoms with van der Waals surface area (Å²) in [6.45, 7) is 7.82. The molecule has 10 heteroatoms. The molecule has 0 aliphatic carbocycles. The zero-order valence-corrected chi connectivity index (χ0v) is 16.9. The van der Waals surface area contributed by atoms with E-state index in [9.17, 15) is 13.2 Å². The number of aryl methyl sites for hydroxylation is 1. The lowest BCUT2D eigenvalue weighted by Crippen LogP contribution is -2.17. The van der Waals surface area contributed by atoms with Gasteiger partial charge in [0, 0.05) is 6.20 Å². The van der Waals surface area contributed by atoms with Gasteiger partial charge in [0.05, 0.1) is 11.1 Å². The average Bonchev–Trinajstić information content (AvgIpc) is 3.05. The van der Waals surface area contributed by atoms with E-state index >= 15 is 0 Å². The standard InChI is InChI=1S/C13H13N5O2S.C5H10O2/c1-9-2-4-10(5-3-9)21(19,20)18-7-6-11-13(18)15-8-12(16-11)17-14;1-5(2,3)7-4-6/h2-8H,14H2,1H3,(H,16,17);4H,1-3H3. The Morgan fingerprint density at radius 2 is 1.82 bits per heavy atom. The van der Waals surface area contributed by atoms with Gasteiger partial charge in [0.15, 0.2) is 11.5 Å². The van der Waals surface area contributed by atoms with Crippen LogP contribution in [0.25, 0.3) is 11.2 Å². The molecule has 2 heterocycles. The highest BCUT2D eigenvalue weighted by Gasteiger charge is 2.20. The van der Waals surface area contributed by atoms with Crippen LogP contribution in [0.1, 0.15) is 26.3 Å². The van der Waals surface area contributed by atoms with Crippen LogP contribution in [-0.4, -0.2) is 34.4 Å². The third-order valence-corrected chi connectivity index (χ3v) is 5.16. The monoisotopic (exact) mass is 405 g/mol. The van der Waals surface area contributed by atoms with Crippen LogP contribution in [0.5, 0.6) is 0 Å². The number of ether oxygens (including phenoxy) is 1. The van der Waals surface area contributed by atoms with E-state index in [2.05, 4.69) is 20.1 Å². The Labute approximate surface area is 163 Å². The molecular weight excluding hydrogens is 382 g/mol. The number of rotatable bonds is 4. The summed E-state index contributed by atoms with van der Waals surface area (Å²) in [7, 11) is -3.70. The number of nitrogens with one attached hydrogen (secondary N) is 1. The molecule has 9 nitrogen and oxygen atoms in total. The van der Waals surface area contributed by atoms with Crippen molar-refractivity contribution in [3.05, 3.63) is 48.3 Å². The van der Waals surface area contributed by atoms with Crippen molar-refractivity contribution >= 4 is 33.5 Å². The van der Waals surface area contributed by atoms with E-state index in [4.69, 9.17) is 5.84 Å². The first-order chi connectivity index (χ1) is 13.1. The van der Waals surface area contributed by atoms with Crippen LogP contribution in [0.15, 0.2) is 47.6 Å². The maximum atomic E-state index is 12.6. The summed E-state index contributed by atoms with van der Waals surface area (Å²) < 4.78 is 30.9. The molecule has 0 saturated heterocycles. The van der Waals surface area contributed by atoms with Crippen molar-refractivity contribution in [3.8, 4) is 0 Å². The number of nitrogen functional groups attached to an aromatic ring is 1. The van der Waals surface area contributed by atoms with E-state index in [0.29, 0.717) is 17.8 Å². The predicted octanol–water partition coefficient (Wildman–Crippen LogP) is 2.22. The Hall–Kier alpha value is -2.98. The van der Waals surface area contributed by atoms with Gasteiger partial charge in [-0.25, -0.2) is 28.2 Å². The summed E-state index contributed by atoms with van der Waals surface area (Å²) >= 11 is 0. The number of carbonyl (C=O) groups excluding carboxylic acids is 1. The lowest BCUT2D eigenvalue weighted by Gasteiger charge is -2.14. The first-order valence-corrected chi connectivity index (χ1v) is 9.77. The lowest BCUT2D eigenvalue weighted by atomic mass is 10.2. The second-order valence-corrected chi connectivity index (χ2v) is 8.68. The highest BCUT2D eigenvalue weighted by molar-refractivity contribution is 7.90. The van der Waals surface area contributed by atoms with Crippen molar-refractivity contribution in [1.29, 1.82) is 0 Å². The van der Waals surface area contributed by atoms with Gasteiger partial charge in [-0.05, 0) is 45.9 Å². The fraction of sp³-hybridized carbons (Fsp3) is 0.278. The quantitative estimate of drug-likeness (QED) is 0.384. The smallest absolute Gasteiger partial charge is 0.293 e. The van der Waals surface area contributed by atoms with Crippen molar-refractivity contribution < 1.29 is 17.9 Å². The zero-order chi connectivity index (χ0) is 20.9. The molecule has 28 heavy (non-hydrogen) atoms. The van der Waals surface area contributed by atoms with Crippen molar-refractivity contribution in [2.45, 2.75) is 38.2 Å². The van der Waals surface area contributed by atoms with Crippen molar-refractivity contribution in [2.24, 2.45) is 5.84 Å². The highest BCUT2D eigenvalue weighted by atomic mass is 32.2. The van der Waals surface area contributed by atoms with Crippen molar-refractivity contribution in [1.82, 2.24) is 13.9 Å². The molecule has 0 spiro atoms. The number of aromatic nitrogens is 3. The molecule has 0 radical (unpaired) electrons. The molecule has 1 aromatic carbocycles. The minimum Gasteiger partial charge on any atom is -0.462 e. The van der Waals surface area contributed by atoms with E-state index in [-0.39, 0.29) is 16.1 Å². The van der Waals surface area contributed by atoms with E-state index in [1.54, 1.807) is 30.3 Å². The van der Waals surface area contributed by atoms with Gasteiger partial charge in [-0.3, -0.25) is 4.79 Å². The number of hydrogen-bond acceptors (Lipinski definition) is 8.